The number of rotatable bonds is 1. The number of benzene rings is 2. The van der Waals surface area contributed by atoms with E-state index in [-0.39, 0.29) is 28.6 Å². The molecule has 0 saturated carbocycles. The lowest BCUT2D eigenvalue weighted by Crippen LogP contribution is -2.02. The number of fused-ring (bicyclic) bond motifs is 1. The number of ketones is 1. The standard InChI is InChI=1S/C16H12O6/c1-7(9-3-2-8(17)6-12(9)19)15-13(20)10-4-5-11(18)14(21)16(10)22-15/h2-6,17-19,21H,1H3/b15-7+. The van der Waals surface area contributed by atoms with E-state index < -0.39 is 17.3 Å². The van der Waals surface area contributed by atoms with Crippen molar-refractivity contribution in [2.24, 2.45) is 0 Å². The maximum Gasteiger partial charge on any atom is 0.232 e. The molecule has 0 aliphatic carbocycles. The maximum atomic E-state index is 12.3. The Morgan fingerprint density at radius 2 is 1.73 bits per heavy atom. The largest absolute Gasteiger partial charge is 0.508 e. The highest BCUT2D eigenvalue weighted by atomic mass is 16.5. The van der Waals surface area contributed by atoms with E-state index in [2.05, 4.69) is 0 Å². The van der Waals surface area contributed by atoms with Crippen LogP contribution in [0.1, 0.15) is 22.8 Å². The first-order chi connectivity index (χ1) is 10.4. The van der Waals surface area contributed by atoms with E-state index in [1.54, 1.807) is 6.92 Å². The van der Waals surface area contributed by atoms with Gasteiger partial charge in [-0.3, -0.25) is 4.79 Å². The molecular formula is C16H12O6. The molecule has 1 aliphatic rings. The summed E-state index contributed by atoms with van der Waals surface area (Å²) in [5.41, 5.74) is 0.790. The summed E-state index contributed by atoms with van der Waals surface area (Å²) in [4.78, 5) is 12.3. The topological polar surface area (TPSA) is 107 Å². The lowest BCUT2D eigenvalue weighted by molar-refractivity contribution is 0.101. The van der Waals surface area contributed by atoms with E-state index in [0.717, 1.165) is 6.07 Å². The second kappa shape index (κ2) is 4.70. The third-order valence-electron chi connectivity index (χ3n) is 3.49. The summed E-state index contributed by atoms with van der Waals surface area (Å²) in [5, 5.41) is 38.4. The smallest absolute Gasteiger partial charge is 0.232 e. The van der Waals surface area contributed by atoms with Crippen molar-refractivity contribution in [3.05, 3.63) is 47.2 Å². The third-order valence-corrected chi connectivity index (χ3v) is 3.49. The summed E-state index contributed by atoms with van der Waals surface area (Å²) in [6, 6.07) is 6.52. The van der Waals surface area contributed by atoms with Crippen molar-refractivity contribution in [3.63, 3.8) is 0 Å². The van der Waals surface area contributed by atoms with Crippen LogP contribution >= 0.6 is 0 Å². The van der Waals surface area contributed by atoms with E-state index in [9.17, 15) is 25.2 Å². The Morgan fingerprint density at radius 1 is 1.00 bits per heavy atom. The molecule has 0 unspecified atom stereocenters. The molecule has 0 aromatic heterocycles. The van der Waals surface area contributed by atoms with Crippen LogP contribution in [0.15, 0.2) is 36.1 Å². The molecule has 0 bridgehead atoms. The first-order valence-electron chi connectivity index (χ1n) is 6.41. The minimum absolute atomic E-state index is 0.0584. The van der Waals surface area contributed by atoms with Crippen molar-refractivity contribution in [1.29, 1.82) is 0 Å². The molecule has 4 N–H and O–H groups in total. The summed E-state index contributed by atoms with van der Waals surface area (Å²) >= 11 is 0. The lowest BCUT2D eigenvalue weighted by Gasteiger charge is -2.08. The molecule has 0 radical (unpaired) electrons. The predicted octanol–water partition coefficient (Wildman–Crippen LogP) is 2.52. The minimum atomic E-state index is -0.511. The molecule has 1 heterocycles. The van der Waals surface area contributed by atoms with Crippen molar-refractivity contribution >= 4 is 11.4 Å². The first-order valence-corrected chi connectivity index (χ1v) is 6.41. The van der Waals surface area contributed by atoms with Crippen molar-refractivity contribution in [1.82, 2.24) is 0 Å². The van der Waals surface area contributed by atoms with Gasteiger partial charge < -0.3 is 25.2 Å². The van der Waals surface area contributed by atoms with Crippen molar-refractivity contribution in [3.8, 4) is 28.7 Å². The van der Waals surface area contributed by atoms with E-state index in [0.29, 0.717) is 11.1 Å². The average molecular weight is 300 g/mol. The predicted molar refractivity (Wildman–Crippen MR) is 77.1 cm³/mol. The Morgan fingerprint density at radius 3 is 2.41 bits per heavy atom. The Kier molecular flexibility index (Phi) is 2.95. The molecule has 0 spiro atoms. The Labute approximate surface area is 125 Å². The van der Waals surface area contributed by atoms with Crippen LogP contribution in [0.3, 0.4) is 0 Å². The Hall–Kier alpha value is -3.15. The molecule has 0 atom stereocenters. The maximum absolute atomic E-state index is 12.3. The number of hydrogen-bond donors (Lipinski definition) is 4. The van der Waals surface area contributed by atoms with Gasteiger partial charge in [-0.2, -0.15) is 0 Å². The first kappa shape index (κ1) is 13.8. The number of allylic oxidation sites excluding steroid dienone is 2. The molecule has 3 rings (SSSR count). The van der Waals surface area contributed by atoms with Gasteiger partial charge in [-0.15, -0.1) is 0 Å². The molecule has 2 aromatic carbocycles. The van der Waals surface area contributed by atoms with Crippen molar-refractivity contribution < 1.29 is 30.0 Å². The van der Waals surface area contributed by atoms with Crippen LogP contribution in [0.2, 0.25) is 0 Å². The van der Waals surface area contributed by atoms with Gasteiger partial charge in [0.05, 0.1) is 5.56 Å². The van der Waals surface area contributed by atoms with Gasteiger partial charge in [0.15, 0.2) is 17.3 Å². The number of aromatic hydroxyl groups is 4. The monoisotopic (exact) mass is 300 g/mol. The number of carbonyl (C=O) groups excluding carboxylic acids is 1. The molecule has 6 nitrogen and oxygen atoms in total. The number of phenolic OH excluding ortho intramolecular Hbond substituents is 4. The summed E-state index contributed by atoms with van der Waals surface area (Å²) in [7, 11) is 0. The van der Waals surface area contributed by atoms with Gasteiger partial charge in [-0.05, 0) is 31.2 Å². The fourth-order valence-electron chi connectivity index (χ4n) is 2.32. The van der Waals surface area contributed by atoms with E-state index in [1.807, 2.05) is 0 Å². The second-order valence-corrected chi connectivity index (χ2v) is 4.90. The highest BCUT2D eigenvalue weighted by molar-refractivity contribution is 6.16. The van der Waals surface area contributed by atoms with Gasteiger partial charge in [0, 0.05) is 17.2 Å². The summed E-state index contributed by atoms with van der Waals surface area (Å²) in [5.74, 6) is -1.85. The van der Waals surface area contributed by atoms with Crippen LogP contribution in [-0.2, 0) is 0 Å². The number of ether oxygens (including phenoxy) is 1. The SMILES string of the molecule is C/C(=C1\Oc2c(ccc(O)c2O)C1=O)c1ccc(O)cc1O. The third kappa shape index (κ3) is 1.93. The summed E-state index contributed by atoms with van der Waals surface area (Å²) < 4.78 is 5.38. The Balaban J connectivity index is 2.14. The van der Waals surface area contributed by atoms with Crippen LogP contribution in [-0.4, -0.2) is 26.2 Å². The van der Waals surface area contributed by atoms with Crippen LogP contribution in [0.4, 0.5) is 0 Å². The van der Waals surface area contributed by atoms with Gasteiger partial charge in [0.2, 0.25) is 11.5 Å². The van der Waals surface area contributed by atoms with Gasteiger partial charge >= 0.3 is 0 Å². The minimum Gasteiger partial charge on any atom is -0.508 e. The van der Waals surface area contributed by atoms with Crippen LogP contribution in [0.25, 0.3) is 5.57 Å². The molecule has 22 heavy (non-hydrogen) atoms. The van der Waals surface area contributed by atoms with Gasteiger partial charge in [-0.1, -0.05) is 0 Å². The van der Waals surface area contributed by atoms with Crippen LogP contribution < -0.4 is 4.74 Å². The molecule has 1 aliphatic heterocycles. The van der Waals surface area contributed by atoms with E-state index in [4.69, 9.17) is 4.74 Å². The van der Waals surface area contributed by atoms with Crippen molar-refractivity contribution in [2.45, 2.75) is 6.92 Å². The molecule has 112 valence electrons. The number of hydrogen-bond acceptors (Lipinski definition) is 6. The highest BCUT2D eigenvalue weighted by Gasteiger charge is 2.33. The zero-order chi connectivity index (χ0) is 16.0. The molecule has 6 heteroatoms. The summed E-state index contributed by atoms with van der Waals surface area (Å²) in [6.45, 7) is 1.57. The zero-order valence-corrected chi connectivity index (χ0v) is 11.5. The quantitative estimate of drug-likeness (QED) is 0.476. The van der Waals surface area contributed by atoms with Crippen LogP contribution in [0.5, 0.6) is 28.7 Å². The number of carbonyl (C=O) groups is 1. The van der Waals surface area contributed by atoms with Crippen molar-refractivity contribution in [2.75, 3.05) is 0 Å². The molecule has 0 fully saturated rings. The average Bonchev–Trinajstić information content (AvgIpc) is 2.80. The summed E-state index contributed by atoms with van der Waals surface area (Å²) in [6.07, 6.45) is 0. The highest BCUT2D eigenvalue weighted by Crippen LogP contribution is 2.45. The Bertz CT molecular complexity index is 835. The van der Waals surface area contributed by atoms with Gasteiger partial charge in [-0.25, -0.2) is 0 Å². The zero-order valence-electron chi connectivity index (χ0n) is 11.5. The molecule has 0 saturated heterocycles. The number of phenols is 4. The van der Waals surface area contributed by atoms with Gasteiger partial charge in [0.25, 0.3) is 0 Å². The number of Topliss-reactive ketones (excluding diaryl/α,β-unsaturated/α-hetero) is 1. The molecule has 2 aromatic rings. The normalized spacial score (nSPS) is 15.4. The second-order valence-electron chi connectivity index (χ2n) is 4.90. The van der Waals surface area contributed by atoms with E-state index in [1.165, 1.54) is 24.3 Å². The lowest BCUT2D eigenvalue weighted by atomic mass is 10.0. The van der Waals surface area contributed by atoms with Crippen LogP contribution in [0, 0.1) is 0 Å². The van der Waals surface area contributed by atoms with E-state index >= 15 is 0 Å². The fraction of sp³-hybridized carbons (Fsp3) is 0.0625. The van der Waals surface area contributed by atoms with Gasteiger partial charge in [0.1, 0.15) is 11.5 Å². The fourth-order valence-corrected chi connectivity index (χ4v) is 2.32. The molecule has 0 amide bonds. The molecular weight excluding hydrogens is 288 g/mol.